The summed E-state index contributed by atoms with van der Waals surface area (Å²) in [5.74, 6) is 0.712. The Kier molecular flexibility index (Phi) is 5.87. The highest BCUT2D eigenvalue weighted by Gasteiger charge is 2.35. The van der Waals surface area contributed by atoms with Crippen LogP contribution >= 0.6 is 0 Å². The lowest BCUT2D eigenvalue weighted by atomic mass is 10.1. The van der Waals surface area contributed by atoms with Gasteiger partial charge in [-0.1, -0.05) is 0 Å². The number of halogens is 3. The number of hydrogen-bond acceptors (Lipinski definition) is 5. The van der Waals surface area contributed by atoms with Crippen molar-refractivity contribution in [3.05, 3.63) is 64.4 Å². The lowest BCUT2D eigenvalue weighted by molar-refractivity contribution is -0.136. The molecule has 1 saturated heterocycles. The normalized spacial score (nSPS) is 18.0. The first-order valence-electron chi connectivity index (χ1n) is 10.2. The van der Waals surface area contributed by atoms with E-state index in [1.54, 1.807) is 7.11 Å². The van der Waals surface area contributed by atoms with Crippen LogP contribution < -0.4 is 15.2 Å². The number of piperazine rings is 1. The van der Waals surface area contributed by atoms with Crippen molar-refractivity contribution in [1.29, 1.82) is 0 Å². The van der Waals surface area contributed by atoms with Crippen LogP contribution in [0.1, 0.15) is 12.5 Å². The zero-order valence-corrected chi connectivity index (χ0v) is 18.7. The van der Waals surface area contributed by atoms with Gasteiger partial charge in [-0.15, -0.1) is 0 Å². The van der Waals surface area contributed by atoms with Crippen molar-refractivity contribution in [2.75, 3.05) is 31.6 Å². The maximum Gasteiger partial charge on any atom is 0.417 e. The van der Waals surface area contributed by atoms with E-state index in [0.717, 1.165) is 11.8 Å². The molecule has 4 rings (SSSR count). The Balaban J connectivity index is 1.63. The molecule has 1 N–H and O–H groups in total. The van der Waals surface area contributed by atoms with Gasteiger partial charge in [-0.2, -0.15) is 17.5 Å². The number of methoxy groups -OCH3 is 1. The summed E-state index contributed by atoms with van der Waals surface area (Å²) in [5, 5.41) is -0.368. The first-order chi connectivity index (χ1) is 15.5. The van der Waals surface area contributed by atoms with Gasteiger partial charge < -0.3 is 14.6 Å². The molecule has 11 heteroatoms. The van der Waals surface area contributed by atoms with E-state index in [0.29, 0.717) is 18.4 Å². The van der Waals surface area contributed by atoms with Crippen molar-refractivity contribution < 1.29 is 26.3 Å². The van der Waals surface area contributed by atoms with Gasteiger partial charge in [0.25, 0.3) is 0 Å². The highest BCUT2D eigenvalue weighted by Crippen LogP contribution is 2.35. The smallest absolute Gasteiger partial charge is 0.417 e. The summed E-state index contributed by atoms with van der Waals surface area (Å²) < 4.78 is 73.4. The minimum atomic E-state index is -4.80. The number of aromatic amines is 1. The number of sulfonamides is 1. The van der Waals surface area contributed by atoms with E-state index in [1.807, 2.05) is 31.2 Å². The fourth-order valence-corrected chi connectivity index (χ4v) is 5.62. The fraction of sp³-hybridized carbons (Fsp3) is 0.318. The van der Waals surface area contributed by atoms with E-state index in [4.69, 9.17) is 4.74 Å². The van der Waals surface area contributed by atoms with E-state index in [-0.39, 0.29) is 34.9 Å². The number of benzene rings is 2. The third-order valence-electron chi connectivity index (χ3n) is 5.75. The van der Waals surface area contributed by atoms with Crippen LogP contribution in [0, 0.1) is 0 Å². The Morgan fingerprint density at radius 3 is 2.36 bits per heavy atom. The molecule has 1 aromatic heterocycles. The molecule has 2 aromatic carbocycles. The second-order valence-electron chi connectivity index (χ2n) is 7.86. The average molecular weight is 481 g/mol. The van der Waals surface area contributed by atoms with Crippen LogP contribution in [-0.4, -0.2) is 50.5 Å². The number of ether oxygens (including phenoxy) is 1. The van der Waals surface area contributed by atoms with Crippen molar-refractivity contribution in [2.24, 2.45) is 0 Å². The number of pyridine rings is 1. The van der Waals surface area contributed by atoms with Gasteiger partial charge in [0.2, 0.25) is 15.6 Å². The van der Waals surface area contributed by atoms with Crippen LogP contribution in [0.4, 0.5) is 18.9 Å². The van der Waals surface area contributed by atoms with Gasteiger partial charge in [0.1, 0.15) is 5.75 Å². The molecule has 0 radical (unpaired) electrons. The van der Waals surface area contributed by atoms with Crippen LogP contribution in [0.5, 0.6) is 5.75 Å². The zero-order chi connectivity index (χ0) is 24.0. The number of anilines is 1. The Morgan fingerprint density at radius 1 is 1.06 bits per heavy atom. The summed E-state index contributed by atoms with van der Waals surface area (Å²) in [6.07, 6.45) is -4.80. The summed E-state index contributed by atoms with van der Waals surface area (Å²) in [6.45, 7) is 2.65. The number of fused-ring (bicyclic) bond motifs is 1. The number of aromatic nitrogens is 1. The SMILES string of the molecule is COc1ccc(N2CCN(S(=O)(=O)c3ccc4[nH]c(=O)cc(C(F)(F)F)c4c3)CC2C)cc1. The van der Waals surface area contributed by atoms with Gasteiger partial charge in [0.15, 0.2) is 0 Å². The number of rotatable bonds is 4. The Morgan fingerprint density at radius 2 is 1.76 bits per heavy atom. The maximum atomic E-state index is 13.5. The van der Waals surface area contributed by atoms with Gasteiger partial charge >= 0.3 is 6.18 Å². The number of alkyl halides is 3. The van der Waals surface area contributed by atoms with E-state index in [1.165, 1.54) is 16.4 Å². The highest BCUT2D eigenvalue weighted by atomic mass is 32.2. The molecule has 0 aliphatic carbocycles. The molecule has 1 fully saturated rings. The molecule has 7 nitrogen and oxygen atoms in total. The lowest BCUT2D eigenvalue weighted by Crippen LogP contribution is -2.53. The quantitative estimate of drug-likeness (QED) is 0.617. The predicted octanol–water partition coefficient (Wildman–Crippen LogP) is 3.45. The molecule has 1 aliphatic heterocycles. The van der Waals surface area contributed by atoms with Crippen LogP contribution in [0.15, 0.2) is 58.2 Å². The summed E-state index contributed by atoms with van der Waals surface area (Å²) in [5.41, 5.74) is -1.24. The van der Waals surface area contributed by atoms with Crippen molar-refractivity contribution in [3.63, 3.8) is 0 Å². The van der Waals surface area contributed by atoms with Gasteiger partial charge in [0.05, 0.1) is 17.6 Å². The number of hydrogen-bond donors (Lipinski definition) is 1. The molecule has 33 heavy (non-hydrogen) atoms. The van der Waals surface area contributed by atoms with E-state index >= 15 is 0 Å². The molecule has 1 aliphatic rings. The molecule has 0 amide bonds. The summed E-state index contributed by atoms with van der Waals surface area (Å²) in [6, 6.07) is 11.1. The predicted molar refractivity (Wildman–Crippen MR) is 118 cm³/mol. The maximum absolute atomic E-state index is 13.5. The van der Waals surface area contributed by atoms with Crippen LogP contribution in [0.2, 0.25) is 0 Å². The Bertz CT molecular complexity index is 1340. The average Bonchev–Trinajstić information content (AvgIpc) is 2.77. The molecule has 0 bridgehead atoms. The molecule has 3 aromatic rings. The Hall–Kier alpha value is -3.05. The first kappa shape index (κ1) is 23.1. The fourth-order valence-electron chi connectivity index (χ4n) is 4.08. The van der Waals surface area contributed by atoms with Gasteiger partial charge in [0, 0.05) is 48.3 Å². The molecule has 1 atom stereocenters. The molecule has 1 unspecified atom stereocenters. The molecule has 0 saturated carbocycles. The molecular formula is C22H22F3N3O4S. The summed E-state index contributed by atoms with van der Waals surface area (Å²) >= 11 is 0. The van der Waals surface area contributed by atoms with Gasteiger partial charge in [-0.25, -0.2) is 8.42 Å². The summed E-state index contributed by atoms with van der Waals surface area (Å²) in [4.78, 5) is 15.7. The number of H-pyrrole nitrogens is 1. The van der Waals surface area contributed by atoms with E-state index < -0.39 is 27.3 Å². The molecule has 0 spiro atoms. The minimum Gasteiger partial charge on any atom is -0.497 e. The van der Waals surface area contributed by atoms with Crippen LogP contribution in [0.3, 0.4) is 0 Å². The monoisotopic (exact) mass is 481 g/mol. The van der Waals surface area contributed by atoms with Crippen molar-refractivity contribution in [2.45, 2.75) is 24.0 Å². The van der Waals surface area contributed by atoms with Gasteiger partial charge in [-0.05, 0) is 49.4 Å². The molecule has 176 valence electrons. The Labute approximate surface area is 188 Å². The first-order valence-corrected chi connectivity index (χ1v) is 11.6. The standard InChI is InChI=1S/C22H22F3N3O4S/c1-14-13-27(9-10-28(14)15-3-5-16(32-2)6-4-15)33(30,31)17-7-8-20-18(11-17)19(22(23,24)25)12-21(29)26-20/h3-8,11-12,14H,9-10,13H2,1-2H3,(H,26,29). The number of nitrogens with one attached hydrogen (secondary N) is 1. The van der Waals surface area contributed by atoms with Crippen molar-refractivity contribution in [1.82, 2.24) is 9.29 Å². The molecule has 2 heterocycles. The zero-order valence-electron chi connectivity index (χ0n) is 17.9. The van der Waals surface area contributed by atoms with E-state index in [9.17, 15) is 26.4 Å². The second-order valence-corrected chi connectivity index (χ2v) is 9.79. The third kappa shape index (κ3) is 4.42. The lowest BCUT2D eigenvalue weighted by Gasteiger charge is -2.40. The largest absolute Gasteiger partial charge is 0.497 e. The second kappa shape index (κ2) is 8.38. The molecular weight excluding hydrogens is 459 g/mol. The minimum absolute atomic E-state index is 0.0773. The van der Waals surface area contributed by atoms with Gasteiger partial charge in [-0.3, -0.25) is 4.79 Å². The summed E-state index contributed by atoms with van der Waals surface area (Å²) in [7, 11) is -2.47. The van der Waals surface area contributed by atoms with Crippen LogP contribution in [-0.2, 0) is 16.2 Å². The number of nitrogens with zero attached hydrogens (tertiary/aromatic N) is 2. The van der Waals surface area contributed by atoms with Crippen molar-refractivity contribution >= 4 is 26.6 Å². The van der Waals surface area contributed by atoms with E-state index in [2.05, 4.69) is 9.88 Å². The van der Waals surface area contributed by atoms with Crippen molar-refractivity contribution in [3.8, 4) is 5.75 Å². The van der Waals surface area contributed by atoms with Crippen LogP contribution in [0.25, 0.3) is 10.9 Å². The third-order valence-corrected chi connectivity index (χ3v) is 7.61. The highest BCUT2D eigenvalue weighted by molar-refractivity contribution is 7.89. The topological polar surface area (TPSA) is 82.7 Å².